The Morgan fingerprint density at radius 1 is 0.684 bits per heavy atom. The van der Waals surface area contributed by atoms with Crippen LogP contribution in [0.5, 0.6) is 11.5 Å². The van der Waals surface area contributed by atoms with Crippen LogP contribution in [0.3, 0.4) is 0 Å². The molecule has 0 radical (unpaired) electrons. The van der Waals surface area contributed by atoms with Crippen molar-refractivity contribution in [1.82, 2.24) is 0 Å². The molecule has 3 heteroatoms. The molecule has 0 atom stereocenters. The molecule has 0 aliphatic rings. The van der Waals surface area contributed by atoms with Crippen molar-refractivity contribution in [1.29, 1.82) is 0 Å². The first-order valence-electron chi connectivity index (χ1n) is 6.71. The molecule has 2 aromatic rings. The van der Waals surface area contributed by atoms with Gasteiger partial charge in [0.05, 0.1) is 0 Å². The molecular formula is C16H20O2Si. The van der Waals surface area contributed by atoms with Gasteiger partial charge in [0.2, 0.25) is 0 Å². The molecule has 19 heavy (non-hydrogen) atoms. The molecule has 0 saturated heterocycles. The highest BCUT2D eigenvalue weighted by molar-refractivity contribution is 7.02. The van der Waals surface area contributed by atoms with Gasteiger partial charge in [-0.15, -0.1) is 0 Å². The quantitative estimate of drug-likeness (QED) is 0.840. The summed E-state index contributed by atoms with van der Waals surface area (Å²) >= 11 is 0. The van der Waals surface area contributed by atoms with E-state index in [9.17, 15) is 10.2 Å². The minimum atomic E-state index is -1.76. The predicted octanol–water partition coefficient (Wildman–Crippen LogP) is 2.70. The van der Waals surface area contributed by atoms with Gasteiger partial charge in [0.25, 0.3) is 0 Å². The second-order valence-electron chi connectivity index (χ2n) is 4.88. The molecule has 0 aliphatic carbocycles. The molecular weight excluding hydrogens is 252 g/mol. The van der Waals surface area contributed by atoms with Gasteiger partial charge in [-0.05, 0) is 24.3 Å². The van der Waals surface area contributed by atoms with E-state index < -0.39 is 8.07 Å². The second kappa shape index (κ2) is 5.49. The van der Waals surface area contributed by atoms with E-state index in [1.165, 1.54) is 10.4 Å². The maximum absolute atomic E-state index is 9.46. The summed E-state index contributed by atoms with van der Waals surface area (Å²) in [6.07, 6.45) is 0. The molecule has 2 nitrogen and oxygen atoms in total. The Hall–Kier alpha value is -1.74. The SMILES string of the molecule is CC[Si](CC)(c1ccc(O)cc1)c1ccc(O)cc1. The summed E-state index contributed by atoms with van der Waals surface area (Å²) in [5.41, 5.74) is 0. The van der Waals surface area contributed by atoms with E-state index >= 15 is 0 Å². The van der Waals surface area contributed by atoms with Gasteiger partial charge in [-0.1, -0.05) is 60.6 Å². The van der Waals surface area contributed by atoms with Crippen molar-refractivity contribution in [3.8, 4) is 11.5 Å². The van der Waals surface area contributed by atoms with Gasteiger partial charge in [-0.3, -0.25) is 0 Å². The van der Waals surface area contributed by atoms with E-state index in [1.54, 1.807) is 24.3 Å². The number of hydrogen-bond acceptors (Lipinski definition) is 2. The number of phenolic OH excluding ortho intramolecular Hbond substituents is 2. The van der Waals surface area contributed by atoms with E-state index in [1.807, 2.05) is 24.3 Å². The van der Waals surface area contributed by atoms with Crippen LogP contribution >= 0.6 is 0 Å². The van der Waals surface area contributed by atoms with Gasteiger partial charge >= 0.3 is 0 Å². The average Bonchev–Trinajstić information content (AvgIpc) is 2.44. The van der Waals surface area contributed by atoms with Gasteiger partial charge in [0.15, 0.2) is 0 Å². The van der Waals surface area contributed by atoms with Gasteiger partial charge in [-0.25, -0.2) is 0 Å². The molecule has 0 unspecified atom stereocenters. The number of benzene rings is 2. The lowest BCUT2D eigenvalue weighted by Crippen LogP contribution is -2.57. The zero-order chi connectivity index (χ0) is 13.9. The zero-order valence-corrected chi connectivity index (χ0v) is 12.4. The molecule has 0 fully saturated rings. The Morgan fingerprint density at radius 2 is 1.00 bits per heavy atom. The third-order valence-corrected chi connectivity index (χ3v) is 9.34. The fraction of sp³-hybridized carbons (Fsp3) is 0.250. The lowest BCUT2D eigenvalue weighted by atomic mass is 10.3. The first kappa shape index (κ1) is 13.7. The van der Waals surface area contributed by atoms with Gasteiger partial charge in [0, 0.05) is 0 Å². The Kier molecular flexibility index (Phi) is 3.95. The summed E-state index contributed by atoms with van der Waals surface area (Å²) in [5.74, 6) is 0.620. The number of hydrogen-bond donors (Lipinski definition) is 2. The Labute approximate surface area is 115 Å². The van der Waals surface area contributed by atoms with E-state index in [-0.39, 0.29) is 0 Å². The number of phenols is 2. The smallest absolute Gasteiger partial charge is 0.117 e. The van der Waals surface area contributed by atoms with Crippen LogP contribution in [0.2, 0.25) is 12.1 Å². The number of aromatic hydroxyl groups is 2. The lowest BCUT2D eigenvalue weighted by molar-refractivity contribution is 0.475. The fourth-order valence-corrected chi connectivity index (χ4v) is 6.87. The molecule has 100 valence electrons. The maximum Gasteiger partial charge on any atom is 0.117 e. The normalized spacial score (nSPS) is 11.5. The summed E-state index contributed by atoms with van der Waals surface area (Å²) in [7, 11) is -1.76. The van der Waals surface area contributed by atoms with Crippen LogP contribution in [0, 0.1) is 0 Å². The third kappa shape index (κ3) is 2.51. The maximum atomic E-state index is 9.46. The summed E-state index contributed by atoms with van der Waals surface area (Å²) in [4.78, 5) is 0. The largest absolute Gasteiger partial charge is 0.508 e. The molecule has 0 aliphatic heterocycles. The minimum Gasteiger partial charge on any atom is -0.508 e. The van der Waals surface area contributed by atoms with Crippen LogP contribution in [0.4, 0.5) is 0 Å². The van der Waals surface area contributed by atoms with Crippen molar-refractivity contribution >= 4 is 18.4 Å². The molecule has 0 bridgehead atoms. The van der Waals surface area contributed by atoms with Crippen LogP contribution in [0.1, 0.15) is 13.8 Å². The number of rotatable bonds is 4. The van der Waals surface area contributed by atoms with E-state index in [0.29, 0.717) is 11.5 Å². The van der Waals surface area contributed by atoms with E-state index in [4.69, 9.17) is 0 Å². The predicted molar refractivity (Wildman–Crippen MR) is 82.2 cm³/mol. The molecule has 0 heterocycles. The second-order valence-corrected chi connectivity index (χ2v) is 9.62. The Balaban J connectivity index is 2.53. The monoisotopic (exact) mass is 272 g/mol. The molecule has 0 saturated carbocycles. The van der Waals surface area contributed by atoms with Gasteiger partial charge < -0.3 is 10.2 Å². The highest BCUT2D eigenvalue weighted by atomic mass is 28.3. The molecule has 2 aromatic carbocycles. The molecule has 2 rings (SSSR count). The minimum absolute atomic E-state index is 0.310. The Bertz CT molecular complexity index is 480. The first-order valence-corrected chi connectivity index (χ1v) is 9.13. The highest BCUT2D eigenvalue weighted by Gasteiger charge is 2.33. The molecule has 0 amide bonds. The standard InChI is InChI=1S/C16H20O2Si/c1-3-19(4-2,15-9-5-13(17)6-10-15)16-11-7-14(18)8-12-16/h5-12,17-18H,3-4H2,1-2H3. The Morgan fingerprint density at radius 3 is 1.26 bits per heavy atom. The van der Waals surface area contributed by atoms with Crippen molar-refractivity contribution in [3.05, 3.63) is 48.5 Å². The topological polar surface area (TPSA) is 40.5 Å². The average molecular weight is 272 g/mol. The van der Waals surface area contributed by atoms with Crippen LogP contribution < -0.4 is 10.4 Å². The summed E-state index contributed by atoms with van der Waals surface area (Å²) in [6, 6.07) is 17.5. The third-order valence-electron chi connectivity index (χ3n) is 4.05. The zero-order valence-electron chi connectivity index (χ0n) is 11.4. The van der Waals surface area contributed by atoms with Gasteiger partial charge in [0.1, 0.15) is 19.6 Å². The van der Waals surface area contributed by atoms with Crippen LogP contribution in [-0.4, -0.2) is 18.3 Å². The fourth-order valence-electron chi connectivity index (χ4n) is 2.79. The summed E-state index contributed by atoms with van der Waals surface area (Å²) in [6.45, 7) is 4.46. The van der Waals surface area contributed by atoms with Crippen molar-refractivity contribution in [2.24, 2.45) is 0 Å². The van der Waals surface area contributed by atoms with Crippen molar-refractivity contribution in [3.63, 3.8) is 0 Å². The highest BCUT2D eigenvalue weighted by Crippen LogP contribution is 2.18. The first-order chi connectivity index (χ1) is 9.12. The molecule has 0 spiro atoms. The van der Waals surface area contributed by atoms with Gasteiger partial charge in [-0.2, -0.15) is 0 Å². The van der Waals surface area contributed by atoms with Crippen molar-refractivity contribution in [2.45, 2.75) is 25.9 Å². The lowest BCUT2D eigenvalue weighted by Gasteiger charge is -2.30. The van der Waals surface area contributed by atoms with Crippen molar-refractivity contribution in [2.75, 3.05) is 0 Å². The van der Waals surface area contributed by atoms with Crippen LogP contribution in [-0.2, 0) is 0 Å². The summed E-state index contributed by atoms with van der Waals surface area (Å²) in [5, 5.41) is 21.6. The van der Waals surface area contributed by atoms with Crippen molar-refractivity contribution < 1.29 is 10.2 Å². The summed E-state index contributed by atoms with van der Waals surface area (Å²) < 4.78 is 0. The molecule has 0 aromatic heterocycles. The molecule has 2 N–H and O–H groups in total. The van der Waals surface area contributed by atoms with Crippen LogP contribution in [0.25, 0.3) is 0 Å². The van der Waals surface area contributed by atoms with Crippen LogP contribution in [0.15, 0.2) is 48.5 Å². The van der Waals surface area contributed by atoms with E-state index in [2.05, 4.69) is 13.8 Å². The van der Waals surface area contributed by atoms with E-state index in [0.717, 1.165) is 12.1 Å².